The van der Waals surface area contributed by atoms with Crippen molar-refractivity contribution in [3.8, 4) is 0 Å². The van der Waals surface area contributed by atoms with Crippen LogP contribution in [0.2, 0.25) is 0 Å². The summed E-state index contributed by atoms with van der Waals surface area (Å²) in [5.74, 6) is 0.555. The zero-order valence-corrected chi connectivity index (χ0v) is 11.1. The lowest BCUT2D eigenvalue weighted by Gasteiger charge is -2.06. The van der Waals surface area contributed by atoms with Crippen molar-refractivity contribution < 1.29 is 4.21 Å². The average molecular weight is 270 g/mol. The standard InChI is InChI=1S/C15H12N2OS/c18-19-10-12-6-2-1-5-11(12)9-17-14-8-4-3-7-13(14)16-15(17)19/h1-8H,9-10H2/i18+2. The molecule has 0 aliphatic carbocycles. The second-order valence-corrected chi connectivity index (χ2v) is 6.07. The summed E-state index contributed by atoms with van der Waals surface area (Å²) in [6, 6.07) is 16.2. The van der Waals surface area contributed by atoms with E-state index in [2.05, 4.69) is 21.7 Å². The first-order chi connectivity index (χ1) is 9.33. The van der Waals surface area contributed by atoms with Gasteiger partial charge in [-0.1, -0.05) is 36.4 Å². The molecule has 1 atom stereocenters. The SMILES string of the molecule is [18O]=S1Cc2ccccc2Cn2c1nc1ccccc12. The van der Waals surface area contributed by atoms with E-state index in [4.69, 9.17) is 0 Å². The van der Waals surface area contributed by atoms with E-state index in [0.717, 1.165) is 23.1 Å². The first-order valence-corrected chi connectivity index (χ1v) is 7.55. The zero-order valence-electron chi connectivity index (χ0n) is 10.2. The van der Waals surface area contributed by atoms with E-state index >= 15 is 0 Å². The molecule has 0 radical (unpaired) electrons. The summed E-state index contributed by atoms with van der Waals surface area (Å²) >= 11 is 0. The van der Waals surface area contributed by atoms with Crippen molar-refractivity contribution in [2.45, 2.75) is 17.5 Å². The fraction of sp³-hybridized carbons (Fsp3) is 0.133. The Morgan fingerprint density at radius 2 is 1.74 bits per heavy atom. The molecule has 0 spiro atoms. The molecule has 94 valence electrons. The highest BCUT2D eigenvalue weighted by Gasteiger charge is 2.21. The van der Waals surface area contributed by atoms with Gasteiger partial charge >= 0.3 is 0 Å². The van der Waals surface area contributed by atoms with Crippen LogP contribution in [-0.2, 0) is 23.1 Å². The van der Waals surface area contributed by atoms with Crippen molar-refractivity contribution in [1.82, 2.24) is 9.55 Å². The molecule has 4 heteroatoms. The lowest BCUT2D eigenvalue weighted by molar-refractivity contribution is 0.662. The number of fused-ring (bicyclic) bond motifs is 4. The lowest BCUT2D eigenvalue weighted by atomic mass is 10.1. The van der Waals surface area contributed by atoms with Gasteiger partial charge in [0.05, 0.1) is 34.1 Å². The number of hydrogen-bond donors (Lipinski definition) is 0. The van der Waals surface area contributed by atoms with Crippen molar-refractivity contribution in [2.24, 2.45) is 0 Å². The molecule has 2 heterocycles. The Bertz CT molecular complexity index is 807. The van der Waals surface area contributed by atoms with Gasteiger partial charge in [-0.25, -0.2) is 4.98 Å². The van der Waals surface area contributed by atoms with Crippen LogP contribution in [0, 0.1) is 0 Å². The van der Waals surface area contributed by atoms with Gasteiger partial charge in [0.2, 0.25) is 5.16 Å². The summed E-state index contributed by atoms with van der Waals surface area (Å²) in [6.45, 7) is 0.748. The summed E-state index contributed by atoms with van der Waals surface area (Å²) < 4.78 is 14.5. The van der Waals surface area contributed by atoms with Gasteiger partial charge in [-0.05, 0) is 23.3 Å². The molecule has 1 aliphatic heterocycles. The van der Waals surface area contributed by atoms with E-state index in [-0.39, 0.29) is 0 Å². The molecular formula is C15H12N2OS. The highest BCUT2D eigenvalue weighted by Crippen LogP contribution is 2.26. The highest BCUT2D eigenvalue weighted by atomic mass is 32.2. The normalized spacial score (nSPS) is 17.8. The van der Waals surface area contributed by atoms with Crippen LogP contribution < -0.4 is 0 Å². The Balaban J connectivity index is 2.01. The minimum atomic E-state index is -1.07. The fourth-order valence-corrected chi connectivity index (χ4v) is 3.91. The third-order valence-electron chi connectivity index (χ3n) is 3.56. The molecule has 2 aromatic carbocycles. The molecule has 4 rings (SSSR count). The van der Waals surface area contributed by atoms with E-state index in [0.29, 0.717) is 10.9 Å². The van der Waals surface area contributed by atoms with E-state index in [1.165, 1.54) is 5.56 Å². The Morgan fingerprint density at radius 3 is 2.63 bits per heavy atom. The number of aromatic nitrogens is 2. The largest absolute Gasteiger partial charge is 0.312 e. The number of benzene rings is 2. The van der Waals surface area contributed by atoms with Crippen LogP contribution >= 0.6 is 0 Å². The lowest BCUT2D eigenvalue weighted by Crippen LogP contribution is -2.03. The van der Waals surface area contributed by atoms with Crippen LogP contribution in [0.4, 0.5) is 0 Å². The van der Waals surface area contributed by atoms with Crippen LogP contribution in [0.15, 0.2) is 53.7 Å². The molecule has 0 fully saturated rings. The summed E-state index contributed by atoms with van der Waals surface area (Å²) in [7, 11) is -1.07. The Kier molecular flexibility index (Phi) is 2.32. The molecule has 0 amide bonds. The smallest absolute Gasteiger partial charge is 0.200 e. The van der Waals surface area contributed by atoms with Crippen molar-refractivity contribution in [3.05, 3.63) is 59.7 Å². The molecule has 1 unspecified atom stereocenters. The summed E-state index contributed by atoms with van der Waals surface area (Å²) in [6.07, 6.45) is 0. The van der Waals surface area contributed by atoms with Crippen LogP contribution in [0.3, 0.4) is 0 Å². The number of nitrogens with zero attached hydrogens (tertiary/aromatic N) is 2. The maximum absolute atomic E-state index is 12.5. The van der Waals surface area contributed by atoms with Crippen molar-refractivity contribution in [1.29, 1.82) is 0 Å². The summed E-state index contributed by atoms with van der Waals surface area (Å²) in [5.41, 5.74) is 4.38. The van der Waals surface area contributed by atoms with Gasteiger partial charge in [0.1, 0.15) is 0 Å². The molecule has 1 aromatic heterocycles. The van der Waals surface area contributed by atoms with E-state index in [1.807, 2.05) is 36.4 Å². The van der Waals surface area contributed by atoms with Gasteiger partial charge in [-0.15, -0.1) is 0 Å². The fourth-order valence-electron chi connectivity index (χ4n) is 2.61. The van der Waals surface area contributed by atoms with Gasteiger partial charge in [0.15, 0.2) is 0 Å². The average Bonchev–Trinajstić information content (AvgIpc) is 2.73. The molecule has 0 bridgehead atoms. The molecule has 3 nitrogen and oxygen atoms in total. The van der Waals surface area contributed by atoms with Crippen molar-refractivity contribution in [2.75, 3.05) is 0 Å². The monoisotopic (exact) mass is 270 g/mol. The Morgan fingerprint density at radius 1 is 1.00 bits per heavy atom. The van der Waals surface area contributed by atoms with Gasteiger partial charge < -0.3 is 4.57 Å². The maximum atomic E-state index is 12.5. The van der Waals surface area contributed by atoms with Gasteiger partial charge in [-0.3, -0.25) is 4.21 Å². The van der Waals surface area contributed by atoms with E-state index < -0.39 is 10.8 Å². The maximum Gasteiger partial charge on any atom is 0.200 e. The third-order valence-corrected chi connectivity index (χ3v) is 4.85. The van der Waals surface area contributed by atoms with E-state index in [9.17, 15) is 4.21 Å². The predicted octanol–water partition coefficient (Wildman–Crippen LogP) is 2.71. The summed E-state index contributed by atoms with van der Waals surface area (Å²) in [5, 5.41) is 0.692. The first kappa shape index (κ1) is 10.9. The topological polar surface area (TPSA) is 34.9 Å². The molecule has 0 saturated heterocycles. The second-order valence-electron chi connectivity index (χ2n) is 4.73. The van der Waals surface area contributed by atoms with Gasteiger partial charge in [0.25, 0.3) is 0 Å². The van der Waals surface area contributed by atoms with Gasteiger partial charge in [0, 0.05) is 0 Å². The Labute approximate surface area is 113 Å². The molecule has 0 saturated carbocycles. The predicted molar refractivity (Wildman–Crippen MR) is 75.4 cm³/mol. The molecule has 3 aromatic rings. The van der Waals surface area contributed by atoms with Crippen LogP contribution in [0.1, 0.15) is 11.1 Å². The zero-order chi connectivity index (χ0) is 12.8. The van der Waals surface area contributed by atoms with Crippen LogP contribution in [0.25, 0.3) is 11.0 Å². The Hall–Kier alpha value is -1.94. The van der Waals surface area contributed by atoms with Crippen molar-refractivity contribution in [3.63, 3.8) is 0 Å². The van der Waals surface area contributed by atoms with Crippen LogP contribution in [0.5, 0.6) is 0 Å². The third kappa shape index (κ3) is 1.64. The molecule has 1 aliphatic rings. The summed E-state index contributed by atoms with van der Waals surface area (Å²) in [4.78, 5) is 4.54. The first-order valence-electron chi connectivity index (χ1n) is 6.23. The number of rotatable bonds is 0. The van der Waals surface area contributed by atoms with E-state index in [1.54, 1.807) is 0 Å². The minimum absolute atomic E-state index is 0.555. The molecule has 19 heavy (non-hydrogen) atoms. The number of para-hydroxylation sites is 2. The highest BCUT2D eigenvalue weighted by molar-refractivity contribution is 7.84. The molecular weight excluding hydrogens is 258 g/mol. The number of hydrogen-bond acceptors (Lipinski definition) is 2. The number of imidazole rings is 1. The second kappa shape index (κ2) is 4.03. The van der Waals surface area contributed by atoms with Gasteiger partial charge in [-0.2, -0.15) is 0 Å². The molecule has 0 N–H and O–H groups in total. The van der Waals surface area contributed by atoms with Crippen molar-refractivity contribution >= 4 is 21.8 Å². The minimum Gasteiger partial charge on any atom is -0.312 e. The van der Waals surface area contributed by atoms with Crippen LogP contribution in [-0.4, -0.2) is 13.8 Å². The quantitative estimate of drug-likeness (QED) is 0.589.